The van der Waals surface area contributed by atoms with E-state index in [0.29, 0.717) is 0 Å². The Balaban J connectivity index is 2.12. The van der Waals surface area contributed by atoms with Crippen LogP contribution in [-0.4, -0.2) is 71.5 Å². The van der Waals surface area contributed by atoms with Crippen LogP contribution in [0.5, 0.6) is 0 Å². The second-order valence-corrected chi connectivity index (χ2v) is 11.1. The van der Waals surface area contributed by atoms with Crippen LogP contribution < -0.4 is 38.1 Å². The van der Waals surface area contributed by atoms with Crippen LogP contribution in [0.3, 0.4) is 0 Å². The molecule has 0 saturated heterocycles. The highest BCUT2D eigenvalue weighted by Gasteiger charge is 2.33. The number of benzene rings is 2. The van der Waals surface area contributed by atoms with E-state index in [9.17, 15) is 28.8 Å². The first-order valence-corrected chi connectivity index (χ1v) is 14.4. The summed E-state index contributed by atoms with van der Waals surface area (Å²) in [5.41, 5.74) is 10.7. The molecule has 2 aromatic rings. The number of guanidine groups is 1. The molecule has 14 heteroatoms. The van der Waals surface area contributed by atoms with Crippen molar-refractivity contribution < 1.29 is 28.8 Å². The molecular weight excluding hydrogens is 580 g/mol. The predicted octanol–water partition coefficient (Wildman–Crippen LogP) is -0.841. The molecule has 14 nitrogen and oxygen atoms in total. The lowest BCUT2D eigenvalue weighted by atomic mass is 10.0. The molecule has 0 fully saturated rings. The summed E-state index contributed by atoms with van der Waals surface area (Å²) in [7, 11) is 0. The molecule has 0 aromatic heterocycles. The molecular formula is C31H42N8O6. The van der Waals surface area contributed by atoms with Gasteiger partial charge in [-0.3, -0.25) is 34.2 Å². The van der Waals surface area contributed by atoms with Gasteiger partial charge in [-0.05, 0) is 44.7 Å². The first-order valence-electron chi connectivity index (χ1n) is 14.4. The summed E-state index contributed by atoms with van der Waals surface area (Å²) >= 11 is 0. The van der Waals surface area contributed by atoms with Gasteiger partial charge in [0.15, 0.2) is 5.96 Å². The third-order valence-corrected chi connectivity index (χ3v) is 6.78. The molecule has 0 aliphatic carbocycles. The van der Waals surface area contributed by atoms with Crippen molar-refractivity contribution >= 4 is 41.3 Å². The Kier molecular flexibility index (Phi) is 13.7. The summed E-state index contributed by atoms with van der Waals surface area (Å²) in [6, 6.07) is 14.4. The highest BCUT2D eigenvalue weighted by Crippen LogP contribution is 2.07. The van der Waals surface area contributed by atoms with Crippen molar-refractivity contribution in [1.29, 1.82) is 5.41 Å². The van der Waals surface area contributed by atoms with Crippen LogP contribution in [0.1, 0.15) is 44.7 Å². The van der Waals surface area contributed by atoms with Gasteiger partial charge in [0, 0.05) is 13.0 Å². The van der Waals surface area contributed by atoms with E-state index in [4.69, 9.17) is 16.9 Å². The minimum atomic E-state index is -1.44. The zero-order valence-electron chi connectivity index (χ0n) is 25.6. The van der Waals surface area contributed by atoms with E-state index in [1.54, 1.807) is 48.5 Å². The Morgan fingerprint density at radius 3 is 1.93 bits per heavy atom. The van der Waals surface area contributed by atoms with Crippen LogP contribution in [-0.2, 0) is 41.6 Å². The van der Waals surface area contributed by atoms with E-state index >= 15 is 0 Å². The zero-order valence-corrected chi connectivity index (χ0v) is 25.6. The van der Waals surface area contributed by atoms with Gasteiger partial charge in [-0.1, -0.05) is 60.7 Å². The maximum absolute atomic E-state index is 13.3. The third-order valence-electron chi connectivity index (χ3n) is 6.78. The summed E-state index contributed by atoms with van der Waals surface area (Å²) in [5.74, 6) is -5.12. The molecule has 0 aliphatic heterocycles. The van der Waals surface area contributed by atoms with Gasteiger partial charge in [-0.15, -0.1) is 0 Å². The maximum atomic E-state index is 13.3. The minimum Gasteiger partial charge on any atom is -0.370 e. The lowest BCUT2D eigenvalue weighted by molar-refractivity contribution is -0.142. The van der Waals surface area contributed by atoms with E-state index in [1.165, 1.54) is 20.8 Å². The second kappa shape index (κ2) is 17.1. The molecule has 0 heterocycles. The molecule has 2 unspecified atom stereocenters. The van der Waals surface area contributed by atoms with Crippen LogP contribution in [0.4, 0.5) is 0 Å². The van der Waals surface area contributed by atoms with Crippen molar-refractivity contribution in [1.82, 2.24) is 26.6 Å². The van der Waals surface area contributed by atoms with Gasteiger partial charge < -0.3 is 38.1 Å². The number of carbonyl (C=O) groups excluding carboxylic acids is 6. The van der Waals surface area contributed by atoms with Crippen LogP contribution in [0.25, 0.3) is 0 Å². The number of nitrogens with two attached hydrogens (primary N) is 2. The van der Waals surface area contributed by atoms with E-state index in [-0.39, 0.29) is 38.2 Å². The van der Waals surface area contributed by atoms with Gasteiger partial charge in [0.05, 0.1) is 12.5 Å². The summed E-state index contributed by atoms with van der Waals surface area (Å²) in [5, 5.41) is 19.8. The zero-order chi connectivity index (χ0) is 33.6. The number of nitrogens with one attached hydrogen (secondary N) is 6. The van der Waals surface area contributed by atoms with Gasteiger partial charge in [0.2, 0.25) is 29.4 Å². The van der Waals surface area contributed by atoms with E-state index in [2.05, 4.69) is 26.6 Å². The van der Waals surface area contributed by atoms with E-state index < -0.39 is 59.0 Å². The monoisotopic (exact) mass is 622 g/mol. The Bertz CT molecular complexity index is 1370. The highest BCUT2D eigenvalue weighted by molar-refractivity contribution is 6.38. The van der Waals surface area contributed by atoms with E-state index in [0.717, 1.165) is 11.1 Å². The molecule has 45 heavy (non-hydrogen) atoms. The Hall–Kier alpha value is -5.27. The van der Waals surface area contributed by atoms with E-state index in [1.807, 2.05) is 12.1 Å². The van der Waals surface area contributed by atoms with Gasteiger partial charge in [0.1, 0.15) is 17.6 Å². The summed E-state index contributed by atoms with van der Waals surface area (Å²) in [4.78, 5) is 76.7. The van der Waals surface area contributed by atoms with Crippen molar-refractivity contribution in [2.24, 2.45) is 11.5 Å². The summed E-state index contributed by atoms with van der Waals surface area (Å²) in [6.07, 6.45) is 0.452. The molecule has 2 rings (SSSR count). The average Bonchev–Trinajstić information content (AvgIpc) is 2.98. The van der Waals surface area contributed by atoms with Gasteiger partial charge in [0.25, 0.3) is 5.91 Å². The smallest absolute Gasteiger partial charge is 0.290 e. The van der Waals surface area contributed by atoms with Crippen LogP contribution >= 0.6 is 0 Å². The summed E-state index contributed by atoms with van der Waals surface area (Å²) in [6.45, 7) is 4.29. The standard InChI is InChI=1S/C31H42N8O6/c1-19(25(41)28(44)38-22(15-10-16-35-30(33)34)27(43)39-31(2,3)29(32)45)36-26(42)23(17-20-11-6-4-7-12-20)37-24(40)18-21-13-8-5-9-14-21/h4-9,11-14,19,22-23H,10,15-18H2,1-3H3,(H2,32,45)(H,36,42)(H,37,40)(H,38,44)(H,39,43)(H4,33,34,35)/t19?,22-,23?/m0/s1. The Morgan fingerprint density at radius 2 is 1.38 bits per heavy atom. The minimum absolute atomic E-state index is 0.0211. The van der Waals surface area contributed by atoms with Gasteiger partial charge in [-0.2, -0.15) is 0 Å². The molecule has 0 spiro atoms. The summed E-state index contributed by atoms with van der Waals surface area (Å²) < 4.78 is 0. The molecule has 3 atom stereocenters. The molecule has 0 aliphatic rings. The SMILES string of the molecule is CC(NC(=O)C(Cc1ccccc1)NC(=O)Cc1ccccc1)C(=O)C(=O)N[C@@H](CCCNC(=N)N)C(=O)NC(C)(C)C(N)=O. The number of primary amides is 1. The second-order valence-electron chi connectivity index (χ2n) is 11.1. The van der Waals surface area contributed by atoms with Crippen LogP contribution in [0, 0.1) is 5.41 Å². The first-order chi connectivity index (χ1) is 21.2. The largest absolute Gasteiger partial charge is 0.370 e. The normalized spacial score (nSPS) is 12.9. The number of hydrogen-bond donors (Lipinski definition) is 8. The molecule has 2 aromatic carbocycles. The Labute approximate surface area is 262 Å². The highest BCUT2D eigenvalue weighted by atomic mass is 16.2. The molecule has 0 radical (unpaired) electrons. The van der Waals surface area contributed by atoms with Crippen molar-refractivity contribution in [2.75, 3.05) is 6.54 Å². The number of Topliss-reactive ketones (excluding diaryl/α,β-unsaturated/α-hetero) is 1. The fourth-order valence-corrected chi connectivity index (χ4v) is 4.15. The number of amides is 5. The first kappa shape index (κ1) is 35.9. The fraction of sp³-hybridized carbons (Fsp3) is 0.387. The number of hydrogen-bond acceptors (Lipinski definition) is 7. The lowest BCUT2D eigenvalue weighted by Crippen LogP contribution is -2.59. The maximum Gasteiger partial charge on any atom is 0.290 e. The average molecular weight is 623 g/mol. The third kappa shape index (κ3) is 12.5. The number of rotatable bonds is 17. The molecule has 0 bridgehead atoms. The molecule has 242 valence electrons. The van der Waals surface area contributed by atoms with Crippen molar-refractivity contribution in [3.63, 3.8) is 0 Å². The van der Waals surface area contributed by atoms with Gasteiger partial charge in [-0.25, -0.2) is 0 Å². The van der Waals surface area contributed by atoms with Crippen molar-refractivity contribution in [2.45, 2.75) is 70.1 Å². The van der Waals surface area contributed by atoms with Crippen LogP contribution in [0.15, 0.2) is 60.7 Å². The molecule has 0 saturated carbocycles. The number of ketones is 1. The number of carbonyl (C=O) groups is 6. The van der Waals surface area contributed by atoms with Crippen LogP contribution in [0.2, 0.25) is 0 Å². The predicted molar refractivity (Wildman–Crippen MR) is 167 cm³/mol. The quantitative estimate of drug-likeness (QED) is 0.0478. The van der Waals surface area contributed by atoms with Crippen molar-refractivity contribution in [3.8, 4) is 0 Å². The van der Waals surface area contributed by atoms with Crippen molar-refractivity contribution in [3.05, 3.63) is 71.8 Å². The Morgan fingerprint density at radius 1 is 0.800 bits per heavy atom. The molecule has 5 amide bonds. The topological polar surface area (TPSA) is 238 Å². The van der Waals surface area contributed by atoms with Gasteiger partial charge >= 0.3 is 0 Å². The fourth-order valence-electron chi connectivity index (χ4n) is 4.15. The lowest BCUT2D eigenvalue weighted by Gasteiger charge is -2.26. The molecule has 10 N–H and O–H groups in total.